The van der Waals surface area contributed by atoms with Crippen LogP contribution in [0, 0.1) is 11.8 Å². The molecule has 1 saturated heterocycles. The van der Waals surface area contributed by atoms with Crippen molar-refractivity contribution in [3.05, 3.63) is 0 Å². The first kappa shape index (κ1) is 13.4. The van der Waals surface area contributed by atoms with Crippen LogP contribution in [0.25, 0.3) is 0 Å². The van der Waals surface area contributed by atoms with Gasteiger partial charge in [-0.1, -0.05) is 26.1 Å². The van der Waals surface area contributed by atoms with Gasteiger partial charge in [-0.25, -0.2) is 0 Å². The first-order chi connectivity index (χ1) is 7.43. The average molecular weight is 244 g/mol. The van der Waals surface area contributed by atoms with Gasteiger partial charge in [-0.2, -0.15) is 0 Å². The van der Waals surface area contributed by atoms with Crippen molar-refractivity contribution in [2.75, 3.05) is 13.1 Å². The van der Waals surface area contributed by atoms with E-state index in [4.69, 9.17) is 18.0 Å². The third-order valence-electron chi connectivity index (χ3n) is 2.95. The molecular weight excluding hydrogens is 224 g/mol. The molecule has 4 nitrogen and oxygen atoms in total. The minimum absolute atomic E-state index is 0.0405. The van der Waals surface area contributed by atoms with Crippen molar-refractivity contribution >= 4 is 23.1 Å². The van der Waals surface area contributed by atoms with E-state index in [0.29, 0.717) is 13.1 Å². The Labute approximate surface area is 102 Å². The van der Waals surface area contributed by atoms with Crippen LogP contribution in [0.2, 0.25) is 0 Å². The Morgan fingerprint density at radius 2 is 2.19 bits per heavy atom. The van der Waals surface area contributed by atoms with E-state index in [-0.39, 0.29) is 16.8 Å². The van der Waals surface area contributed by atoms with Crippen molar-refractivity contribution in [1.82, 2.24) is 4.90 Å². The molecule has 0 aromatic heterocycles. The predicted octanol–water partition coefficient (Wildman–Crippen LogP) is 0.528. The normalized spacial score (nSPS) is 23.2. The summed E-state index contributed by atoms with van der Waals surface area (Å²) in [5.74, 6) is -0.342. The number of rotatable bonds is 3. The van der Waals surface area contributed by atoms with Crippen molar-refractivity contribution in [2.45, 2.75) is 32.8 Å². The molecule has 1 aliphatic heterocycles. The van der Waals surface area contributed by atoms with Crippen LogP contribution in [0.3, 0.4) is 0 Å². The lowest BCUT2D eigenvalue weighted by atomic mass is 9.93. The maximum absolute atomic E-state index is 12.2. The van der Waals surface area contributed by atoms with Crippen LogP contribution >= 0.6 is 12.2 Å². The maximum atomic E-state index is 12.2. The van der Waals surface area contributed by atoms with Crippen molar-refractivity contribution in [3.63, 3.8) is 0 Å². The van der Waals surface area contributed by atoms with Gasteiger partial charge in [0.05, 0.1) is 17.0 Å². The summed E-state index contributed by atoms with van der Waals surface area (Å²) in [5, 5.41) is 9.53. The number of thiocarbonyl (C=S) groups is 1. The second-order valence-corrected chi connectivity index (χ2v) is 5.18. The van der Waals surface area contributed by atoms with E-state index in [0.717, 1.165) is 12.8 Å². The highest BCUT2D eigenvalue weighted by molar-refractivity contribution is 7.80. The van der Waals surface area contributed by atoms with Gasteiger partial charge in [0.2, 0.25) is 5.91 Å². The molecule has 1 heterocycles. The van der Waals surface area contributed by atoms with Crippen molar-refractivity contribution < 1.29 is 9.90 Å². The van der Waals surface area contributed by atoms with Crippen LogP contribution in [-0.4, -0.2) is 40.1 Å². The number of nitrogens with two attached hydrogens (primary N) is 1. The molecule has 16 heavy (non-hydrogen) atoms. The van der Waals surface area contributed by atoms with Gasteiger partial charge in [0.25, 0.3) is 0 Å². The zero-order valence-electron chi connectivity index (χ0n) is 9.85. The molecule has 1 amide bonds. The van der Waals surface area contributed by atoms with Gasteiger partial charge >= 0.3 is 0 Å². The lowest BCUT2D eigenvalue weighted by molar-refractivity contribution is -0.137. The predicted molar refractivity (Wildman–Crippen MR) is 66.9 cm³/mol. The summed E-state index contributed by atoms with van der Waals surface area (Å²) in [5.41, 5.74) is 5.60. The smallest absolute Gasteiger partial charge is 0.232 e. The number of β-amino-alcohol motifs (C(OH)–C–C–N with tert-alkyl or cyclic N) is 1. The molecule has 0 spiro atoms. The molecule has 0 aliphatic carbocycles. The molecule has 0 aromatic carbocycles. The van der Waals surface area contributed by atoms with Crippen molar-refractivity contribution in [2.24, 2.45) is 17.6 Å². The van der Waals surface area contributed by atoms with Gasteiger partial charge in [0, 0.05) is 13.1 Å². The molecule has 3 N–H and O–H groups in total. The molecular formula is C11H20N2O2S. The molecule has 0 aromatic rings. The number of hydrogen-bond acceptors (Lipinski definition) is 3. The minimum atomic E-state index is -0.406. The zero-order valence-corrected chi connectivity index (χ0v) is 10.7. The summed E-state index contributed by atoms with van der Waals surface area (Å²) in [6, 6.07) is 0. The Kier molecular flexibility index (Phi) is 4.68. The molecule has 5 heteroatoms. The number of carbonyl (C=O) groups excluding carboxylic acids is 1. The summed E-state index contributed by atoms with van der Waals surface area (Å²) < 4.78 is 0. The summed E-state index contributed by atoms with van der Waals surface area (Å²) in [6.07, 6.45) is 1.20. The molecule has 92 valence electrons. The molecule has 2 atom stereocenters. The molecule has 1 rings (SSSR count). The number of aliphatic hydroxyl groups is 1. The van der Waals surface area contributed by atoms with E-state index >= 15 is 0 Å². The van der Waals surface area contributed by atoms with Gasteiger partial charge in [-0.05, 0) is 18.8 Å². The number of likely N-dealkylation sites (tertiary alicyclic amines) is 1. The molecule has 0 radical (unpaired) electrons. The monoisotopic (exact) mass is 244 g/mol. The topological polar surface area (TPSA) is 66.6 Å². The Hall–Kier alpha value is -0.680. The van der Waals surface area contributed by atoms with Crippen molar-refractivity contribution in [3.8, 4) is 0 Å². The standard InChI is InChI=1S/C11H20N2O2S/c1-7(2)9(10(12)16)11(15)13-5-3-4-8(14)6-13/h7-9,14H,3-6H2,1-2H3,(H2,12,16). The molecule has 1 aliphatic rings. The van der Waals surface area contributed by atoms with Crippen LogP contribution in [0.15, 0.2) is 0 Å². The zero-order chi connectivity index (χ0) is 12.3. The maximum Gasteiger partial charge on any atom is 0.232 e. The average Bonchev–Trinajstić information content (AvgIpc) is 2.16. The Bertz CT molecular complexity index is 281. The van der Waals surface area contributed by atoms with Crippen LogP contribution in [0.1, 0.15) is 26.7 Å². The first-order valence-corrected chi connectivity index (χ1v) is 6.10. The quantitative estimate of drug-likeness (QED) is 0.711. The molecule has 2 unspecified atom stereocenters. The highest BCUT2D eigenvalue weighted by atomic mass is 32.1. The fourth-order valence-corrected chi connectivity index (χ4v) is 2.46. The van der Waals surface area contributed by atoms with Gasteiger partial charge in [0.15, 0.2) is 0 Å². The summed E-state index contributed by atoms with van der Waals surface area (Å²) >= 11 is 4.94. The summed E-state index contributed by atoms with van der Waals surface area (Å²) in [6.45, 7) is 4.97. The fraction of sp³-hybridized carbons (Fsp3) is 0.818. The van der Waals surface area contributed by atoms with E-state index < -0.39 is 12.0 Å². The van der Waals surface area contributed by atoms with Gasteiger partial charge in [0.1, 0.15) is 0 Å². The van der Waals surface area contributed by atoms with E-state index in [1.54, 1.807) is 4.90 Å². The van der Waals surface area contributed by atoms with E-state index in [1.807, 2.05) is 13.8 Å². The second-order valence-electron chi connectivity index (χ2n) is 4.70. The fourth-order valence-electron chi connectivity index (χ4n) is 2.09. The SMILES string of the molecule is CC(C)C(C(=O)N1CCCC(O)C1)C(N)=S. The summed E-state index contributed by atoms with van der Waals surface area (Å²) in [7, 11) is 0. The van der Waals surface area contributed by atoms with Crippen LogP contribution in [0.4, 0.5) is 0 Å². The number of amides is 1. The molecule has 0 saturated carbocycles. The largest absolute Gasteiger partial charge is 0.393 e. The minimum Gasteiger partial charge on any atom is -0.393 e. The second kappa shape index (κ2) is 5.59. The first-order valence-electron chi connectivity index (χ1n) is 5.69. The molecule has 0 bridgehead atoms. The molecule has 1 fully saturated rings. The van der Waals surface area contributed by atoms with E-state index in [2.05, 4.69) is 0 Å². The van der Waals surface area contributed by atoms with E-state index in [9.17, 15) is 9.90 Å². The Balaban J connectivity index is 2.70. The van der Waals surface area contributed by atoms with Crippen LogP contribution in [0.5, 0.6) is 0 Å². The number of aliphatic hydroxyl groups excluding tert-OH is 1. The van der Waals surface area contributed by atoms with Gasteiger partial charge < -0.3 is 15.7 Å². The van der Waals surface area contributed by atoms with Crippen molar-refractivity contribution in [1.29, 1.82) is 0 Å². The summed E-state index contributed by atoms with van der Waals surface area (Å²) in [4.78, 5) is 14.1. The third-order valence-corrected chi connectivity index (χ3v) is 3.20. The van der Waals surface area contributed by atoms with E-state index in [1.165, 1.54) is 0 Å². The lowest BCUT2D eigenvalue weighted by Gasteiger charge is -2.33. The highest BCUT2D eigenvalue weighted by Crippen LogP contribution is 2.18. The Morgan fingerprint density at radius 3 is 2.62 bits per heavy atom. The number of nitrogens with zero attached hydrogens (tertiary/aromatic N) is 1. The highest BCUT2D eigenvalue weighted by Gasteiger charge is 2.31. The van der Waals surface area contributed by atoms with Gasteiger partial charge in [-0.15, -0.1) is 0 Å². The van der Waals surface area contributed by atoms with Crippen LogP contribution < -0.4 is 5.73 Å². The third kappa shape index (κ3) is 3.15. The van der Waals surface area contributed by atoms with Gasteiger partial charge in [-0.3, -0.25) is 4.79 Å². The number of piperidine rings is 1. The number of carbonyl (C=O) groups is 1. The Morgan fingerprint density at radius 1 is 1.56 bits per heavy atom. The van der Waals surface area contributed by atoms with Crippen LogP contribution in [-0.2, 0) is 4.79 Å². The number of hydrogen-bond donors (Lipinski definition) is 2. The lowest BCUT2D eigenvalue weighted by Crippen LogP contribution is -2.48.